The maximum atomic E-state index is 12.8. The number of rotatable bonds is 4. The van der Waals surface area contributed by atoms with Crippen LogP contribution in [0, 0.1) is 6.92 Å². The lowest BCUT2D eigenvalue weighted by Gasteiger charge is -2.25. The number of benzene rings is 1. The summed E-state index contributed by atoms with van der Waals surface area (Å²) in [5.41, 5.74) is 2.84. The van der Waals surface area contributed by atoms with Crippen molar-refractivity contribution in [2.45, 2.75) is 6.92 Å². The van der Waals surface area contributed by atoms with Crippen LogP contribution in [0.15, 0.2) is 42.6 Å². The Balaban J connectivity index is 1.48. The molecule has 1 amide bonds. The summed E-state index contributed by atoms with van der Waals surface area (Å²) in [6, 6.07) is 10.9. The highest BCUT2D eigenvalue weighted by atomic mass is 32.1. The number of hydrogen-bond acceptors (Lipinski definition) is 7. The Morgan fingerprint density at radius 3 is 2.83 bits per heavy atom. The van der Waals surface area contributed by atoms with Crippen molar-refractivity contribution >= 4 is 39.2 Å². The molecule has 1 aliphatic rings. The van der Waals surface area contributed by atoms with Crippen molar-refractivity contribution in [3.05, 3.63) is 53.9 Å². The maximum Gasteiger partial charge on any atom is 0.259 e. The maximum absolute atomic E-state index is 12.8. The van der Waals surface area contributed by atoms with E-state index in [1.165, 1.54) is 0 Å². The number of hydrogen-bond donors (Lipinski definition) is 2. The van der Waals surface area contributed by atoms with E-state index in [9.17, 15) is 4.79 Å². The zero-order valence-electron chi connectivity index (χ0n) is 16.4. The van der Waals surface area contributed by atoms with Crippen LogP contribution in [0.1, 0.15) is 16.1 Å². The molecule has 0 bridgehead atoms. The average molecular weight is 420 g/mol. The summed E-state index contributed by atoms with van der Waals surface area (Å²) in [5, 5.41) is 3.80. The van der Waals surface area contributed by atoms with Gasteiger partial charge in [0.1, 0.15) is 11.3 Å². The first-order chi connectivity index (χ1) is 14.7. The number of carbonyl (C=O) groups is 1. The van der Waals surface area contributed by atoms with Crippen molar-refractivity contribution in [2.75, 3.05) is 36.5 Å². The molecule has 152 valence electrons. The number of morpholine rings is 1. The van der Waals surface area contributed by atoms with E-state index in [4.69, 9.17) is 14.7 Å². The number of aromatic amines is 1. The lowest BCUT2D eigenvalue weighted by Crippen LogP contribution is -2.36. The number of pyridine rings is 1. The number of thiazole rings is 1. The minimum atomic E-state index is -0.243. The van der Waals surface area contributed by atoms with Gasteiger partial charge < -0.3 is 19.9 Å². The third-order valence-corrected chi connectivity index (χ3v) is 6.17. The van der Waals surface area contributed by atoms with Crippen LogP contribution in [0.4, 0.5) is 10.9 Å². The summed E-state index contributed by atoms with van der Waals surface area (Å²) in [5.74, 6) is 0.980. The summed E-state index contributed by atoms with van der Waals surface area (Å²) in [6.07, 6.45) is 1.64. The van der Waals surface area contributed by atoms with Gasteiger partial charge >= 0.3 is 0 Å². The standard InChI is InChI=1S/C21H20N6O2S/c1-13-18(30-21(23-13)27-9-11-29-12-10-27)19-24-15-6-4-5-14(17(15)26-19)20(28)25-16-7-2-3-8-22-16/h2-8H,9-12H2,1H3,(H,24,26)(H,22,25,28). The lowest BCUT2D eigenvalue weighted by atomic mass is 10.1. The summed E-state index contributed by atoms with van der Waals surface area (Å²) in [7, 11) is 0. The number of amides is 1. The van der Waals surface area contributed by atoms with E-state index in [0.717, 1.165) is 40.1 Å². The van der Waals surface area contributed by atoms with E-state index >= 15 is 0 Å². The number of para-hydroxylation sites is 1. The van der Waals surface area contributed by atoms with Crippen LogP contribution < -0.4 is 10.2 Å². The van der Waals surface area contributed by atoms with Gasteiger partial charge in [-0.15, -0.1) is 0 Å². The first-order valence-electron chi connectivity index (χ1n) is 9.70. The number of aromatic nitrogens is 4. The fourth-order valence-corrected chi connectivity index (χ4v) is 4.50. The van der Waals surface area contributed by atoms with Crippen LogP contribution in [0.5, 0.6) is 0 Å². The fraction of sp³-hybridized carbons (Fsp3) is 0.238. The molecule has 0 spiro atoms. The molecule has 1 fully saturated rings. The first-order valence-corrected chi connectivity index (χ1v) is 10.5. The Kier molecular flexibility index (Phi) is 4.89. The van der Waals surface area contributed by atoms with Gasteiger partial charge in [-0.25, -0.2) is 15.0 Å². The number of imidazole rings is 1. The van der Waals surface area contributed by atoms with Gasteiger partial charge in [0.05, 0.1) is 34.9 Å². The van der Waals surface area contributed by atoms with Crippen LogP contribution >= 0.6 is 11.3 Å². The van der Waals surface area contributed by atoms with Gasteiger partial charge in [0.25, 0.3) is 5.91 Å². The number of H-pyrrole nitrogens is 1. The molecule has 3 aromatic heterocycles. The first kappa shape index (κ1) is 18.7. The number of aryl methyl sites for hydroxylation is 1. The van der Waals surface area contributed by atoms with Crippen molar-refractivity contribution in [2.24, 2.45) is 0 Å². The summed E-state index contributed by atoms with van der Waals surface area (Å²) >= 11 is 1.61. The average Bonchev–Trinajstić information content (AvgIpc) is 3.38. The third-order valence-electron chi connectivity index (χ3n) is 4.95. The van der Waals surface area contributed by atoms with Gasteiger partial charge in [-0.05, 0) is 31.2 Å². The SMILES string of the molecule is Cc1nc(N2CCOCC2)sc1-c1nc2c(C(=O)Nc3ccccn3)cccc2[nH]1. The number of nitrogens with one attached hydrogen (secondary N) is 2. The molecule has 9 heteroatoms. The third kappa shape index (κ3) is 3.53. The molecule has 0 saturated carbocycles. The topological polar surface area (TPSA) is 96.0 Å². The van der Waals surface area contributed by atoms with Crippen molar-refractivity contribution in [3.8, 4) is 10.7 Å². The van der Waals surface area contributed by atoms with E-state index < -0.39 is 0 Å². The monoisotopic (exact) mass is 420 g/mol. The van der Waals surface area contributed by atoms with Crippen LogP contribution in [-0.4, -0.2) is 52.1 Å². The largest absolute Gasteiger partial charge is 0.378 e. The minimum Gasteiger partial charge on any atom is -0.378 e. The number of anilines is 2. The molecule has 1 aromatic carbocycles. The van der Waals surface area contributed by atoms with E-state index in [1.807, 2.05) is 25.1 Å². The molecule has 2 N–H and O–H groups in total. The number of ether oxygens (including phenoxy) is 1. The predicted octanol–water partition coefficient (Wildman–Crippen LogP) is 3.48. The van der Waals surface area contributed by atoms with E-state index in [2.05, 4.69) is 20.2 Å². The lowest BCUT2D eigenvalue weighted by molar-refractivity contribution is 0.102. The number of carbonyl (C=O) groups excluding carboxylic acids is 1. The quantitative estimate of drug-likeness (QED) is 0.525. The number of nitrogens with zero attached hydrogens (tertiary/aromatic N) is 4. The van der Waals surface area contributed by atoms with Crippen molar-refractivity contribution in [1.82, 2.24) is 19.9 Å². The van der Waals surface area contributed by atoms with Gasteiger partial charge in [0.15, 0.2) is 11.0 Å². The predicted molar refractivity (Wildman–Crippen MR) is 117 cm³/mol. The van der Waals surface area contributed by atoms with E-state index in [1.54, 1.807) is 35.7 Å². The Morgan fingerprint density at radius 2 is 2.03 bits per heavy atom. The summed E-state index contributed by atoms with van der Waals surface area (Å²) in [4.78, 5) is 33.0. The molecule has 5 rings (SSSR count). The zero-order chi connectivity index (χ0) is 20.5. The Labute approximate surface area is 177 Å². The summed E-state index contributed by atoms with van der Waals surface area (Å²) in [6.45, 7) is 5.09. The fourth-order valence-electron chi connectivity index (χ4n) is 3.44. The van der Waals surface area contributed by atoms with E-state index in [0.29, 0.717) is 30.1 Å². The van der Waals surface area contributed by atoms with Crippen LogP contribution in [0.3, 0.4) is 0 Å². The molecule has 4 aromatic rings. The van der Waals surface area contributed by atoms with E-state index in [-0.39, 0.29) is 5.91 Å². The van der Waals surface area contributed by atoms with Gasteiger partial charge in [0.2, 0.25) is 0 Å². The zero-order valence-corrected chi connectivity index (χ0v) is 17.2. The minimum absolute atomic E-state index is 0.243. The molecule has 0 aliphatic carbocycles. The molecular weight excluding hydrogens is 400 g/mol. The molecular formula is C21H20N6O2S. The Hall–Kier alpha value is -3.30. The van der Waals surface area contributed by atoms with Crippen molar-refractivity contribution in [1.29, 1.82) is 0 Å². The van der Waals surface area contributed by atoms with Gasteiger partial charge in [-0.3, -0.25) is 4.79 Å². The van der Waals surface area contributed by atoms with Gasteiger partial charge in [-0.2, -0.15) is 0 Å². The number of fused-ring (bicyclic) bond motifs is 1. The normalized spacial score (nSPS) is 14.2. The van der Waals surface area contributed by atoms with Gasteiger partial charge in [0, 0.05) is 19.3 Å². The second kappa shape index (κ2) is 7.85. The molecule has 8 nitrogen and oxygen atoms in total. The second-order valence-corrected chi connectivity index (χ2v) is 7.94. The Morgan fingerprint density at radius 1 is 1.17 bits per heavy atom. The molecule has 1 saturated heterocycles. The molecule has 1 aliphatic heterocycles. The van der Waals surface area contributed by atoms with Crippen molar-refractivity contribution in [3.63, 3.8) is 0 Å². The molecule has 30 heavy (non-hydrogen) atoms. The Bertz CT molecular complexity index is 1200. The highest BCUT2D eigenvalue weighted by Crippen LogP contribution is 2.34. The van der Waals surface area contributed by atoms with Crippen LogP contribution in [0.2, 0.25) is 0 Å². The smallest absolute Gasteiger partial charge is 0.259 e. The highest BCUT2D eigenvalue weighted by molar-refractivity contribution is 7.19. The summed E-state index contributed by atoms with van der Waals surface area (Å²) < 4.78 is 5.44. The van der Waals surface area contributed by atoms with Gasteiger partial charge in [-0.1, -0.05) is 23.5 Å². The second-order valence-electron chi connectivity index (χ2n) is 6.97. The highest BCUT2D eigenvalue weighted by Gasteiger charge is 2.21. The van der Waals surface area contributed by atoms with Crippen LogP contribution in [0.25, 0.3) is 21.7 Å². The van der Waals surface area contributed by atoms with Crippen molar-refractivity contribution < 1.29 is 9.53 Å². The molecule has 4 heterocycles. The molecule has 0 atom stereocenters. The van der Waals surface area contributed by atoms with Crippen LogP contribution in [-0.2, 0) is 4.74 Å². The molecule has 0 unspecified atom stereocenters. The molecule has 0 radical (unpaired) electrons.